The Balaban J connectivity index is 1.29. The van der Waals surface area contributed by atoms with Gasteiger partial charge in [-0.2, -0.15) is 0 Å². The molecule has 4 aromatic carbocycles. The van der Waals surface area contributed by atoms with Crippen LogP contribution in [0.1, 0.15) is 96.2 Å². The molecule has 0 aliphatic carbocycles. The average molecular weight is 679 g/mol. The van der Waals surface area contributed by atoms with Crippen LogP contribution in [0.2, 0.25) is 0 Å². The normalized spacial score (nSPS) is 10.8. The second-order valence-corrected chi connectivity index (χ2v) is 12.6. The number of hydrogen-bond donors (Lipinski definition) is 2. The van der Waals surface area contributed by atoms with E-state index in [1.165, 1.54) is 29.7 Å². The third-order valence-corrected chi connectivity index (χ3v) is 8.15. The van der Waals surface area contributed by atoms with Crippen LogP contribution in [-0.4, -0.2) is 46.9 Å². The second kappa shape index (κ2) is 18.9. The first-order chi connectivity index (χ1) is 24.1. The molecule has 0 bridgehead atoms. The molecular formula is C41H46N2O7. The summed E-state index contributed by atoms with van der Waals surface area (Å²) >= 11 is 0. The molecule has 2 N–H and O–H groups in total. The second-order valence-electron chi connectivity index (χ2n) is 12.6. The van der Waals surface area contributed by atoms with Gasteiger partial charge in [0.15, 0.2) is 0 Å². The van der Waals surface area contributed by atoms with Gasteiger partial charge in [0.25, 0.3) is 5.91 Å². The number of esters is 1. The van der Waals surface area contributed by atoms with Crippen molar-refractivity contribution in [3.05, 3.63) is 125 Å². The minimum absolute atomic E-state index is 0.0213. The summed E-state index contributed by atoms with van der Waals surface area (Å²) in [5, 5.41) is 12.3. The average Bonchev–Trinajstić information content (AvgIpc) is 3.10. The molecule has 0 atom stereocenters. The largest absolute Gasteiger partial charge is 0.494 e. The van der Waals surface area contributed by atoms with Gasteiger partial charge in [-0.15, -0.1) is 0 Å². The van der Waals surface area contributed by atoms with Gasteiger partial charge in [-0.25, -0.2) is 4.79 Å². The Morgan fingerprint density at radius 2 is 1.32 bits per heavy atom. The summed E-state index contributed by atoms with van der Waals surface area (Å²) in [4.78, 5) is 51.5. The number of carbonyl (C=O) groups excluding carboxylic acids is 3. The van der Waals surface area contributed by atoms with E-state index in [0.717, 1.165) is 18.4 Å². The summed E-state index contributed by atoms with van der Waals surface area (Å²) in [5.74, 6) is -0.919. The fourth-order valence-corrected chi connectivity index (χ4v) is 5.28. The Morgan fingerprint density at radius 3 is 1.94 bits per heavy atom. The number of ether oxygens (including phenoxy) is 2. The summed E-state index contributed by atoms with van der Waals surface area (Å²) in [7, 11) is 0. The molecule has 9 heteroatoms. The van der Waals surface area contributed by atoms with Crippen molar-refractivity contribution in [3.8, 4) is 11.5 Å². The number of benzene rings is 4. The zero-order chi connectivity index (χ0) is 35.9. The predicted molar refractivity (Wildman–Crippen MR) is 194 cm³/mol. The van der Waals surface area contributed by atoms with Gasteiger partial charge in [0.1, 0.15) is 18.0 Å². The molecule has 0 aliphatic rings. The maximum atomic E-state index is 13.3. The van der Waals surface area contributed by atoms with Crippen LogP contribution < -0.4 is 14.8 Å². The van der Waals surface area contributed by atoms with Crippen molar-refractivity contribution in [1.82, 2.24) is 4.90 Å². The highest BCUT2D eigenvalue weighted by Gasteiger charge is 2.20. The highest BCUT2D eigenvalue weighted by molar-refractivity contribution is 5.97. The van der Waals surface area contributed by atoms with Gasteiger partial charge in [-0.05, 0) is 89.7 Å². The monoisotopic (exact) mass is 678 g/mol. The molecule has 2 amide bonds. The van der Waals surface area contributed by atoms with Crippen LogP contribution in [0, 0.1) is 0 Å². The lowest BCUT2D eigenvalue weighted by atomic mass is 10.0. The van der Waals surface area contributed by atoms with Crippen LogP contribution in [0.5, 0.6) is 11.5 Å². The molecule has 0 aliphatic heterocycles. The Kier molecular flexibility index (Phi) is 14.2. The van der Waals surface area contributed by atoms with Gasteiger partial charge in [-0.3, -0.25) is 14.4 Å². The molecule has 4 rings (SSSR count). The molecule has 0 radical (unpaired) electrons. The predicted octanol–water partition coefficient (Wildman–Crippen LogP) is 8.29. The number of aliphatic carboxylic acids is 1. The third-order valence-electron chi connectivity index (χ3n) is 8.15. The van der Waals surface area contributed by atoms with Crippen molar-refractivity contribution in [2.45, 2.75) is 71.8 Å². The van der Waals surface area contributed by atoms with Gasteiger partial charge in [0.05, 0.1) is 18.6 Å². The molecule has 0 fully saturated rings. The summed E-state index contributed by atoms with van der Waals surface area (Å²) < 4.78 is 11.3. The van der Waals surface area contributed by atoms with Crippen LogP contribution >= 0.6 is 0 Å². The van der Waals surface area contributed by atoms with E-state index in [1.54, 1.807) is 72.8 Å². The number of hydrogen-bond acceptors (Lipinski definition) is 6. The number of nitrogens with zero attached hydrogens (tertiary/aromatic N) is 1. The molecule has 0 unspecified atom stereocenters. The fraction of sp³-hybridized carbons (Fsp3) is 0.317. The lowest BCUT2D eigenvalue weighted by Gasteiger charge is -2.21. The van der Waals surface area contributed by atoms with Crippen molar-refractivity contribution >= 4 is 29.4 Å². The van der Waals surface area contributed by atoms with E-state index in [1.807, 2.05) is 24.3 Å². The van der Waals surface area contributed by atoms with Crippen LogP contribution in [0.3, 0.4) is 0 Å². The van der Waals surface area contributed by atoms with E-state index in [9.17, 15) is 24.3 Å². The summed E-state index contributed by atoms with van der Waals surface area (Å²) in [6.07, 6.45) is 5.98. The number of amides is 2. The van der Waals surface area contributed by atoms with E-state index >= 15 is 0 Å². The number of carbonyl (C=O) groups is 4. The van der Waals surface area contributed by atoms with Crippen LogP contribution in [0.4, 0.5) is 5.69 Å². The molecule has 4 aromatic rings. The number of rotatable bonds is 18. The molecule has 0 saturated carbocycles. The van der Waals surface area contributed by atoms with E-state index < -0.39 is 24.4 Å². The fourth-order valence-electron chi connectivity index (χ4n) is 5.28. The third kappa shape index (κ3) is 11.9. The summed E-state index contributed by atoms with van der Waals surface area (Å²) in [6.45, 7) is 6.56. The minimum atomic E-state index is -1.15. The van der Waals surface area contributed by atoms with E-state index in [0.29, 0.717) is 40.8 Å². The zero-order valence-electron chi connectivity index (χ0n) is 29.0. The smallest absolute Gasteiger partial charge is 0.343 e. The molecule has 50 heavy (non-hydrogen) atoms. The SMILES string of the molecule is CCCCCCCOc1ccc(C(=O)Oc2ccc(CN(CC(=O)O)C(=O)c3ccc(NC(=O)Cc4ccc(C(C)C)cc4)cc3)cc2)cc1. The Labute approximate surface area is 294 Å². The van der Waals surface area contributed by atoms with Gasteiger partial charge < -0.3 is 24.8 Å². The van der Waals surface area contributed by atoms with Crippen LogP contribution in [0.15, 0.2) is 97.1 Å². The van der Waals surface area contributed by atoms with E-state index in [-0.39, 0.29) is 24.4 Å². The molecule has 0 saturated heterocycles. The maximum absolute atomic E-state index is 13.3. The van der Waals surface area contributed by atoms with Gasteiger partial charge in [0.2, 0.25) is 5.91 Å². The van der Waals surface area contributed by atoms with Crippen LogP contribution in [-0.2, 0) is 22.6 Å². The molecule has 262 valence electrons. The minimum Gasteiger partial charge on any atom is -0.494 e. The van der Waals surface area contributed by atoms with Crippen molar-refractivity contribution in [2.75, 3.05) is 18.5 Å². The van der Waals surface area contributed by atoms with Crippen molar-refractivity contribution in [1.29, 1.82) is 0 Å². The summed E-state index contributed by atoms with van der Waals surface area (Å²) in [5.41, 5.74) is 3.94. The van der Waals surface area contributed by atoms with Gasteiger partial charge >= 0.3 is 11.9 Å². The summed E-state index contributed by atoms with van der Waals surface area (Å²) in [6, 6.07) is 27.6. The Hall–Kier alpha value is -5.44. The molecular weight excluding hydrogens is 632 g/mol. The zero-order valence-corrected chi connectivity index (χ0v) is 29.0. The quantitative estimate of drug-likeness (QED) is 0.0617. The van der Waals surface area contributed by atoms with Crippen molar-refractivity contribution < 1.29 is 33.8 Å². The van der Waals surface area contributed by atoms with Crippen molar-refractivity contribution in [3.63, 3.8) is 0 Å². The van der Waals surface area contributed by atoms with E-state index in [4.69, 9.17) is 9.47 Å². The number of unbranched alkanes of at least 4 members (excludes halogenated alkanes) is 4. The highest BCUT2D eigenvalue weighted by atomic mass is 16.5. The standard InChI is InChI=1S/C41H46N2O7/c1-4-5-6-7-8-25-49-36-23-17-34(18-24-36)41(48)50-37-21-11-31(12-22-37)27-43(28-39(45)46)40(47)33-15-19-35(20-16-33)42-38(44)26-30-9-13-32(14-10-30)29(2)3/h9-24,29H,4-8,25-28H2,1-3H3,(H,42,44)(H,45,46). The number of anilines is 1. The highest BCUT2D eigenvalue weighted by Crippen LogP contribution is 2.20. The molecule has 9 nitrogen and oxygen atoms in total. The lowest BCUT2D eigenvalue weighted by Crippen LogP contribution is -2.35. The number of nitrogens with one attached hydrogen (secondary N) is 1. The van der Waals surface area contributed by atoms with Crippen LogP contribution in [0.25, 0.3) is 0 Å². The molecule has 0 aromatic heterocycles. The van der Waals surface area contributed by atoms with Gasteiger partial charge in [-0.1, -0.05) is 82.9 Å². The Bertz CT molecular complexity index is 1700. The van der Waals surface area contributed by atoms with E-state index in [2.05, 4.69) is 26.1 Å². The topological polar surface area (TPSA) is 122 Å². The maximum Gasteiger partial charge on any atom is 0.343 e. The first-order valence-corrected chi connectivity index (χ1v) is 17.1. The first-order valence-electron chi connectivity index (χ1n) is 17.1. The number of carboxylic acids is 1. The van der Waals surface area contributed by atoms with Gasteiger partial charge in [0, 0.05) is 17.8 Å². The van der Waals surface area contributed by atoms with Crippen molar-refractivity contribution in [2.24, 2.45) is 0 Å². The Morgan fingerprint density at radius 1 is 0.720 bits per heavy atom. The molecule has 0 spiro atoms. The number of carboxylic acid groups (broad SMARTS) is 1. The lowest BCUT2D eigenvalue weighted by molar-refractivity contribution is -0.137. The first kappa shape index (κ1) is 37.4. The molecule has 0 heterocycles.